The minimum absolute atomic E-state index is 0.0946. The van der Waals surface area contributed by atoms with Gasteiger partial charge in [0, 0.05) is 18.7 Å². The minimum Gasteiger partial charge on any atom is -0.491 e. The minimum atomic E-state index is -0.248. The van der Waals surface area contributed by atoms with Crippen LogP contribution in [0.2, 0.25) is 0 Å². The summed E-state index contributed by atoms with van der Waals surface area (Å²) in [5.41, 5.74) is 2.55. The van der Waals surface area contributed by atoms with Crippen molar-refractivity contribution in [2.24, 2.45) is 0 Å². The van der Waals surface area contributed by atoms with Crippen LogP contribution in [0.5, 0.6) is 5.75 Å². The molecule has 2 aromatic rings. The largest absolute Gasteiger partial charge is 0.491 e. The molecule has 1 fully saturated rings. The number of hydrogen-bond donors (Lipinski definition) is 2. The number of para-hydroxylation sites is 2. The number of ether oxygens (including phenoxy) is 1. The molecular formula is C21H25N3O2S. The summed E-state index contributed by atoms with van der Waals surface area (Å²) in [5.74, 6) is 0.490. The van der Waals surface area contributed by atoms with Crippen molar-refractivity contribution < 1.29 is 9.53 Å². The highest BCUT2D eigenvalue weighted by Crippen LogP contribution is 2.28. The van der Waals surface area contributed by atoms with E-state index in [4.69, 9.17) is 17.0 Å². The smallest absolute Gasteiger partial charge is 0.257 e. The fourth-order valence-electron chi connectivity index (χ4n) is 3.10. The lowest BCUT2D eigenvalue weighted by atomic mass is 10.2. The van der Waals surface area contributed by atoms with E-state index in [-0.39, 0.29) is 17.1 Å². The van der Waals surface area contributed by atoms with E-state index in [9.17, 15) is 4.79 Å². The Morgan fingerprint density at radius 1 is 1.07 bits per heavy atom. The number of benzene rings is 2. The summed E-state index contributed by atoms with van der Waals surface area (Å²) in [7, 11) is 0. The molecule has 3 rings (SSSR count). The Balaban J connectivity index is 1.61. The van der Waals surface area contributed by atoms with Gasteiger partial charge in [-0.2, -0.15) is 0 Å². The maximum atomic E-state index is 12.4. The Morgan fingerprint density at radius 3 is 2.41 bits per heavy atom. The summed E-state index contributed by atoms with van der Waals surface area (Å²) in [6.07, 6.45) is 2.50. The molecule has 0 radical (unpaired) electrons. The SMILES string of the molecule is CC(C)Oc1ccc(C(=O)NC(=S)Nc2ccccc2N2CCCC2)cc1. The van der Waals surface area contributed by atoms with Gasteiger partial charge >= 0.3 is 0 Å². The van der Waals surface area contributed by atoms with Crippen LogP contribution in [-0.2, 0) is 0 Å². The van der Waals surface area contributed by atoms with Crippen molar-refractivity contribution in [3.63, 3.8) is 0 Å². The van der Waals surface area contributed by atoms with E-state index < -0.39 is 0 Å². The second-order valence-electron chi connectivity index (χ2n) is 6.81. The summed E-state index contributed by atoms with van der Waals surface area (Å²) < 4.78 is 5.60. The van der Waals surface area contributed by atoms with Crippen LogP contribution in [0.3, 0.4) is 0 Å². The van der Waals surface area contributed by atoms with Gasteiger partial charge in [0.1, 0.15) is 5.75 Å². The Morgan fingerprint density at radius 2 is 1.74 bits per heavy atom. The summed E-state index contributed by atoms with van der Waals surface area (Å²) in [4.78, 5) is 14.8. The van der Waals surface area contributed by atoms with Gasteiger partial charge in [0.15, 0.2) is 5.11 Å². The third-order valence-corrected chi connectivity index (χ3v) is 4.52. The molecule has 0 bridgehead atoms. The van der Waals surface area contributed by atoms with Crippen LogP contribution in [0.4, 0.5) is 11.4 Å². The molecule has 0 aliphatic carbocycles. The molecule has 2 aromatic carbocycles. The zero-order valence-electron chi connectivity index (χ0n) is 15.7. The van der Waals surface area contributed by atoms with Gasteiger partial charge in [-0.1, -0.05) is 12.1 Å². The van der Waals surface area contributed by atoms with Crippen LogP contribution in [-0.4, -0.2) is 30.2 Å². The highest BCUT2D eigenvalue weighted by atomic mass is 32.1. The predicted octanol–water partition coefficient (Wildman–Crippen LogP) is 4.20. The van der Waals surface area contributed by atoms with Crippen molar-refractivity contribution in [2.75, 3.05) is 23.3 Å². The summed E-state index contributed by atoms with van der Waals surface area (Å²) in [5, 5.41) is 6.19. The summed E-state index contributed by atoms with van der Waals surface area (Å²) in [6, 6.07) is 15.1. The third-order valence-electron chi connectivity index (χ3n) is 4.31. The quantitative estimate of drug-likeness (QED) is 0.758. The fourth-order valence-corrected chi connectivity index (χ4v) is 3.30. The molecule has 5 nitrogen and oxygen atoms in total. The van der Waals surface area contributed by atoms with Gasteiger partial charge in [-0.15, -0.1) is 0 Å². The zero-order chi connectivity index (χ0) is 19.2. The molecule has 0 atom stereocenters. The van der Waals surface area contributed by atoms with Gasteiger partial charge in [0.25, 0.3) is 5.91 Å². The number of carbonyl (C=O) groups is 1. The highest BCUT2D eigenvalue weighted by molar-refractivity contribution is 7.80. The molecule has 1 aliphatic rings. The lowest BCUT2D eigenvalue weighted by Gasteiger charge is -2.22. The number of amides is 1. The fraction of sp³-hybridized carbons (Fsp3) is 0.333. The van der Waals surface area contributed by atoms with Crippen LogP contribution < -0.4 is 20.3 Å². The second-order valence-corrected chi connectivity index (χ2v) is 7.22. The number of carbonyl (C=O) groups excluding carboxylic acids is 1. The van der Waals surface area contributed by atoms with Crippen LogP contribution in [0.1, 0.15) is 37.0 Å². The Labute approximate surface area is 165 Å². The van der Waals surface area contributed by atoms with E-state index in [0.29, 0.717) is 5.56 Å². The maximum absolute atomic E-state index is 12.4. The maximum Gasteiger partial charge on any atom is 0.257 e. The highest BCUT2D eigenvalue weighted by Gasteiger charge is 2.16. The van der Waals surface area contributed by atoms with Gasteiger partial charge in [0.2, 0.25) is 0 Å². The zero-order valence-corrected chi connectivity index (χ0v) is 16.5. The van der Waals surface area contributed by atoms with E-state index in [0.717, 1.165) is 30.2 Å². The van der Waals surface area contributed by atoms with E-state index in [1.165, 1.54) is 12.8 Å². The Kier molecular flexibility index (Phi) is 6.29. The Hall–Kier alpha value is -2.60. The van der Waals surface area contributed by atoms with Crippen LogP contribution in [0, 0.1) is 0 Å². The normalized spacial score (nSPS) is 13.5. The molecule has 1 heterocycles. The number of nitrogens with zero attached hydrogens (tertiary/aromatic N) is 1. The number of nitrogens with one attached hydrogen (secondary N) is 2. The van der Waals surface area contributed by atoms with Crippen molar-refractivity contribution in [1.82, 2.24) is 5.32 Å². The lowest BCUT2D eigenvalue weighted by molar-refractivity contribution is 0.0977. The Bertz CT molecular complexity index is 799. The number of anilines is 2. The number of hydrogen-bond acceptors (Lipinski definition) is 4. The van der Waals surface area contributed by atoms with Crippen molar-refractivity contribution in [1.29, 1.82) is 0 Å². The van der Waals surface area contributed by atoms with Crippen LogP contribution in [0.25, 0.3) is 0 Å². The van der Waals surface area contributed by atoms with E-state index in [1.54, 1.807) is 24.3 Å². The van der Waals surface area contributed by atoms with Gasteiger partial charge in [-0.25, -0.2) is 0 Å². The molecule has 0 aromatic heterocycles. The molecule has 1 aliphatic heterocycles. The first kappa shape index (κ1) is 19.2. The van der Waals surface area contributed by atoms with Gasteiger partial charge in [-0.3, -0.25) is 10.1 Å². The lowest BCUT2D eigenvalue weighted by Crippen LogP contribution is -2.34. The number of thiocarbonyl (C=S) groups is 1. The van der Waals surface area contributed by atoms with E-state index in [2.05, 4.69) is 21.6 Å². The van der Waals surface area contributed by atoms with E-state index in [1.807, 2.05) is 32.0 Å². The molecule has 6 heteroatoms. The van der Waals surface area contributed by atoms with E-state index >= 15 is 0 Å². The molecule has 1 saturated heterocycles. The predicted molar refractivity (Wildman–Crippen MR) is 114 cm³/mol. The number of rotatable bonds is 5. The van der Waals surface area contributed by atoms with Gasteiger partial charge in [-0.05, 0) is 75.3 Å². The average Bonchev–Trinajstić information content (AvgIpc) is 3.16. The van der Waals surface area contributed by atoms with Gasteiger partial charge < -0.3 is 15.0 Å². The van der Waals surface area contributed by atoms with Crippen molar-refractivity contribution in [3.05, 3.63) is 54.1 Å². The van der Waals surface area contributed by atoms with Crippen molar-refractivity contribution in [3.8, 4) is 5.75 Å². The van der Waals surface area contributed by atoms with Crippen LogP contribution in [0.15, 0.2) is 48.5 Å². The summed E-state index contributed by atoms with van der Waals surface area (Å²) in [6.45, 7) is 6.01. The molecule has 142 valence electrons. The van der Waals surface area contributed by atoms with Crippen LogP contribution >= 0.6 is 12.2 Å². The molecule has 27 heavy (non-hydrogen) atoms. The first-order chi connectivity index (χ1) is 13.0. The van der Waals surface area contributed by atoms with Crippen molar-refractivity contribution >= 4 is 34.6 Å². The first-order valence-corrected chi connectivity index (χ1v) is 9.67. The monoisotopic (exact) mass is 383 g/mol. The third kappa shape index (κ3) is 5.20. The molecular weight excluding hydrogens is 358 g/mol. The van der Waals surface area contributed by atoms with Crippen molar-refractivity contribution in [2.45, 2.75) is 32.8 Å². The second kappa shape index (κ2) is 8.86. The average molecular weight is 384 g/mol. The first-order valence-electron chi connectivity index (χ1n) is 9.26. The summed E-state index contributed by atoms with van der Waals surface area (Å²) >= 11 is 5.34. The standard InChI is InChI=1S/C21H25N3O2S/c1-15(2)26-17-11-9-16(10-12-17)20(25)23-21(27)22-18-7-3-4-8-19(18)24-13-5-6-14-24/h3-4,7-12,15H,5-6,13-14H2,1-2H3,(H2,22,23,25,27). The van der Waals surface area contributed by atoms with Gasteiger partial charge in [0.05, 0.1) is 17.5 Å². The molecule has 0 unspecified atom stereocenters. The molecule has 1 amide bonds. The molecule has 2 N–H and O–H groups in total. The molecule has 0 saturated carbocycles. The topological polar surface area (TPSA) is 53.6 Å². The molecule has 0 spiro atoms.